The van der Waals surface area contributed by atoms with Crippen molar-refractivity contribution >= 4 is 27.9 Å². The number of hydrogen-bond donors (Lipinski definition) is 0. The van der Waals surface area contributed by atoms with E-state index in [0.717, 1.165) is 5.92 Å². The minimum Gasteiger partial charge on any atom is -0.262 e. The first-order valence-electron chi connectivity index (χ1n) is 2.98. The zero-order valence-electron chi connectivity index (χ0n) is 5.36. The molecule has 0 heterocycles. The molecule has 1 fully saturated rings. The van der Waals surface area contributed by atoms with E-state index >= 15 is 0 Å². The van der Waals surface area contributed by atoms with Gasteiger partial charge in [0.1, 0.15) is 0 Å². The minimum atomic E-state index is -0.889. The van der Waals surface area contributed by atoms with E-state index in [2.05, 4.69) is 30.1 Å². The van der Waals surface area contributed by atoms with E-state index < -0.39 is 4.70 Å². The molecule has 0 N–H and O–H groups in total. The molecular formula is C6H10Cl2O. The molecule has 0 radical (unpaired) electrons. The highest BCUT2D eigenvalue weighted by Crippen LogP contribution is 2.24. The fraction of sp³-hybridized carbons (Fsp3) is 0.833. The molecule has 0 aliphatic heterocycles. The van der Waals surface area contributed by atoms with Gasteiger partial charge in [-0.05, 0) is 29.1 Å². The molecule has 1 saturated carbocycles. The van der Waals surface area contributed by atoms with E-state index in [9.17, 15) is 0 Å². The largest absolute Gasteiger partial charge is 0.313 e. The van der Waals surface area contributed by atoms with Gasteiger partial charge in [0, 0.05) is 0 Å². The fourth-order valence-corrected chi connectivity index (χ4v) is 0.612. The summed E-state index contributed by atoms with van der Waals surface area (Å²) in [7, 11) is 0. The van der Waals surface area contributed by atoms with Crippen LogP contribution in [0.5, 0.6) is 0 Å². The summed E-state index contributed by atoms with van der Waals surface area (Å²) in [4.78, 5) is 8.98. The normalized spacial score (nSPS) is 17.2. The predicted octanol–water partition coefficient (Wildman–Crippen LogP) is 3.39. The summed E-state index contributed by atoms with van der Waals surface area (Å²) >= 11 is 8.80. The maximum Gasteiger partial charge on any atom is 0.313 e. The zero-order chi connectivity index (χ0) is 7.28. The number of carbonyl (C=O) groups excluding carboxylic acids is 1. The summed E-state index contributed by atoms with van der Waals surface area (Å²) in [5.74, 6) is 1.06. The van der Waals surface area contributed by atoms with Gasteiger partial charge in [-0.25, -0.2) is 0 Å². The molecule has 0 aromatic rings. The summed E-state index contributed by atoms with van der Waals surface area (Å²) in [6, 6.07) is 0. The van der Waals surface area contributed by atoms with E-state index in [-0.39, 0.29) is 0 Å². The molecule has 1 aliphatic carbocycles. The summed E-state index contributed by atoms with van der Waals surface area (Å²) in [6.07, 6.45) is 4.46. The maximum atomic E-state index is 8.98. The topological polar surface area (TPSA) is 17.1 Å². The Morgan fingerprint density at radius 2 is 1.67 bits per heavy atom. The van der Waals surface area contributed by atoms with Gasteiger partial charge in [-0.3, -0.25) is 4.79 Å². The van der Waals surface area contributed by atoms with Gasteiger partial charge in [-0.1, -0.05) is 26.2 Å². The fourth-order valence-electron chi connectivity index (χ4n) is 0.612. The van der Waals surface area contributed by atoms with Gasteiger partial charge in [0.2, 0.25) is 0 Å². The summed E-state index contributed by atoms with van der Waals surface area (Å²) in [6.45, 7) is 2.31. The number of halogens is 2. The second kappa shape index (κ2) is 5.07. The van der Waals surface area contributed by atoms with E-state index in [1.54, 1.807) is 0 Å². The number of carbonyl (C=O) groups is 1. The van der Waals surface area contributed by atoms with Gasteiger partial charge in [-0.2, -0.15) is 0 Å². The van der Waals surface area contributed by atoms with Crippen molar-refractivity contribution < 1.29 is 4.79 Å². The molecule has 0 unspecified atom stereocenters. The van der Waals surface area contributed by atoms with E-state index in [0.29, 0.717) is 0 Å². The standard InChI is InChI=1S/C5H10.CCl2O/c1-5-3-2-4-5;2-1(3)4/h5H,2-4H2,1H3;. The zero-order valence-corrected chi connectivity index (χ0v) is 6.87. The van der Waals surface area contributed by atoms with Gasteiger partial charge in [0.15, 0.2) is 0 Å². The Bertz CT molecular complexity index is 85.1. The predicted molar refractivity (Wildman–Crippen MR) is 40.1 cm³/mol. The van der Waals surface area contributed by atoms with Crippen molar-refractivity contribution in [2.75, 3.05) is 0 Å². The third-order valence-electron chi connectivity index (χ3n) is 1.39. The van der Waals surface area contributed by atoms with Crippen LogP contribution < -0.4 is 0 Å². The highest BCUT2D eigenvalue weighted by atomic mass is 35.5. The van der Waals surface area contributed by atoms with Crippen LogP contribution in [-0.4, -0.2) is 4.70 Å². The first kappa shape index (κ1) is 9.25. The van der Waals surface area contributed by atoms with Gasteiger partial charge < -0.3 is 0 Å². The Morgan fingerprint density at radius 1 is 1.44 bits per heavy atom. The molecule has 9 heavy (non-hydrogen) atoms. The van der Waals surface area contributed by atoms with Crippen molar-refractivity contribution in [3.8, 4) is 0 Å². The van der Waals surface area contributed by atoms with Crippen LogP contribution in [0, 0.1) is 5.92 Å². The van der Waals surface area contributed by atoms with E-state index in [1.165, 1.54) is 19.3 Å². The lowest BCUT2D eigenvalue weighted by Gasteiger charge is -2.18. The summed E-state index contributed by atoms with van der Waals surface area (Å²) < 4.78 is -0.889. The molecule has 0 saturated heterocycles. The minimum absolute atomic E-state index is 0.889. The molecular weight excluding hydrogens is 159 g/mol. The highest BCUT2D eigenvalue weighted by molar-refractivity contribution is 6.93. The second-order valence-corrected chi connectivity index (χ2v) is 3.14. The summed E-state index contributed by atoms with van der Waals surface area (Å²) in [5.41, 5.74) is 0. The van der Waals surface area contributed by atoms with Crippen molar-refractivity contribution in [2.24, 2.45) is 5.92 Å². The van der Waals surface area contributed by atoms with Crippen molar-refractivity contribution in [1.29, 1.82) is 0 Å². The van der Waals surface area contributed by atoms with Crippen molar-refractivity contribution in [1.82, 2.24) is 0 Å². The van der Waals surface area contributed by atoms with Crippen LogP contribution in [-0.2, 0) is 0 Å². The van der Waals surface area contributed by atoms with Crippen LogP contribution >= 0.6 is 23.2 Å². The molecule has 3 heteroatoms. The van der Waals surface area contributed by atoms with Gasteiger partial charge in [0.05, 0.1) is 0 Å². The van der Waals surface area contributed by atoms with Gasteiger partial charge >= 0.3 is 4.70 Å². The monoisotopic (exact) mass is 168 g/mol. The second-order valence-electron chi connectivity index (χ2n) is 2.26. The Balaban J connectivity index is 0.000000148. The van der Waals surface area contributed by atoms with Crippen LogP contribution in [0.15, 0.2) is 0 Å². The van der Waals surface area contributed by atoms with Crippen molar-refractivity contribution in [2.45, 2.75) is 26.2 Å². The smallest absolute Gasteiger partial charge is 0.262 e. The van der Waals surface area contributed by atoms with Crippen molar-refractivity contribution in [3.05, 3.63) is 0 Å². The molecule has 0 aromatic carbocycles. The van der Waals surface area contributed by atoms with Crippen molar-refractivity contribution in [3.63, 3.8) is 0 Å². The maximum absolute atomic E-state index is 8.98. The lowest BCUT2D eigenvalue weighted by Crippen LogP contribution is -2.04. The van der Waals surface area contributed by atoms with Gasteiger partial charge in [-0.15, -0.1) is 0 Å². The lowest BCUT2D eigenvalue weighted by molar-refractivity contribution is 0.275. The molecule has 0 atom stereocenters. The van der Waals surface area contributed by atoms with E-state index in [1.807, 2.05) is 0 Å². The Kier molecular flexibility index (Phi) is 5.21. The molecule has 1 rings (SSSR count). The Morgan fingerprint density at radius 3 is 1.67 bits per heavy atom. The SMILES string of the molecule is CC1CCC1.O=C(Cl)Cl. The molecule has 1 nitrogen and oxygen atoms in total. The molecule has 0 spiro atoms. The quantitative estimate of drug-likeness (QED) is 0.508. The average molecular weight is 169 g/mol. The molecule has 1 aliphatic rings. The summed E-state index contributed by atoms with van der Waals surface area (Å²) in [5, 5.41) is 0. The highest BCUT2D eigenvalue weighted by Gasteiger charge is 2.09. The lowest BCUT2D eigenvalue weighted by atomic mass is 9.88. The number of hydrogen-bond acceptors (Lipinski definition) is 1. The Hall–Kier alpha value is 0.250. The molecule has 0 amide bonds. The van der Waals surface area contributed by atoms with E-state index in [4.69, 9.17) is 4.79 Å². The van der Waals surface area contributed by atoms with Crippen LogP contribution in [0.2, 0.25) is 0 Å². The average Bonchev–Trinajstić information content (AvgIpc) is 1.59. The number of rotatable bonds is 0. The van der Waals surface area contributed by atoms with Crippen LogP contribution in [0.1, 0.15) is 26.2 Å². The third kappa shape index (κ3) is 8.25. The first-order valence-corrected chi connectivity index (χ1v) is 3.73. The van der Waals surface area contributed by atoms with Crippen LogP contribution in [0.4, 0.5) is 4.79 Å². The van der Waals surface area contributed by atoms with Crippen LogP contribution in [0.3, 0.4) is 0 Å². The first-order chi connectivity index (χ1) is 4.13. The Labute approximate surface area is 65.3 Å². The molecule has 0 aromatic heterocycles. The molecule has 54 valence electrons. The van der Waals surface area contributed by atoms with Crippen LogP contribution in [0.25, 0.3) is 0 Å². The van der Waals surface area contributed by atoms with Gasteiger partial charge in [0.25, 0.3) is 0 Å². The molecule has 0 bridgehead atoms. The third-order valence-corrected chi connectivity index (χ3v) is 1.39.